The summed E-state index contributed by atoms with van der Waals surface area (Å²) in [5, 5.41) is 0. The summed E-state index contributed by atoms with van der Waals surface area (Å²) in [6, 6.07) is 8.39. The Kier molecular flexibility index (Phi) is 4.20. The summed E-state index contributed by atoms with van der Waals surface area (Å²) in [7, 11) is 0. The second kappa shape index (κ2) is 5.95. The van der Waals surface area contributed by atoms with Crippen LogP contribution in [0.1, 0.15) is 45.2 Å². The Bertz CT molecular complexity index is 489. The number of hydrazine groups is 1. The summed E-state index contributed by atoms with van der Waals surface area (Å²) in [5.41, 5.74) is 4.18. The monoisotopic (exact) mass is 290 g/mol. The molecule has 2 fully saturated rings. The van der Waals surface area contributed by atoms with Crippen LogP contribution < -0.4 is 16.0 Å². The number of nitrogens with one attached hydrogen (secondary N) is 1. The summed E-state index contributed by atoms with van der Waals surface area (Å²) in [4.78, 5) is 0. The van der Waals surface area contributed by atoms with E-state index in [4.69, 9.17) is 15.3 Å². The van der Waals surface area contributed by atoms with Gasteiger partial charge in [0.2, 0.25) is 0 Å². The highest BCUT2D eigenvalue weighted by atomic mass is 16.5. The fourth-order valence-electron chi connectivity index (χ4n) is 3.46. The summed E-state index contributed by atoms with van der Waals surface area (Å²) in [6.45, 7) is 6.52. The average Bonchev–Trinajstić information content (AvgIpc) is 3.23. The molecule has 0 amide bonds. The Morgan fingerprint density at radius 2 is 2.00 bits per heavy atom. The minimum Gasteiger partial charge on any atom is -0.490 e. The van der Waals surface area contributed by atoms with Gasteiger partial charge in [-0.3, -0.25) is 11.3 Å². The molecule has 4 nitrogen and oxygen atoms in total. The van der Waals surface area contributed by atoms with E-state index in [2.05, 4.69) is 38.3 Å². The zero-order valence-electron chi connectivity index (χ0n) is 13.1. The molecule has 4 heteroatoms. The molecule has 1 saturated heterocycles. The lowest BCUT2D eigenvalue weighted by molar-refractivity contribution is 0.0475. The molecule has 2 aliphatic rings. The highest BCUT2D eigenvalue weighted by Gasteiger charge is 2.42. The predicted molar refractivity (Wildman–Crippen MR) is 82.8 cm³/mol. The van der Waals surface area contributed by atoms with Gasteiger partial charge in [-0.05, 0) is 50.3 Å². The summed E-state index contributed by atoms with van der Waals surface area (Å²) in [5.74, 6) is 7.65. The molecule has 1 heterocycles. The lowest BCUT2D eigenvalue weighted by atomic mass is 9.81. The molecule has 3 N–H and O–H groups in total. The average molecular weight is 290 g/mol. The maximum absolute atomic E-state index is 5.97. The molecular formula is C17H26N2O2. The van der Waals surface area contributed by atoms with Gasteiger partial charge < -0.3 is 9.47 Å². The minimum atomic E-state index is 0.0858. The first-order chi connectivity index (χ1) is 10.1. The Morgan fingerprint density at radius 1 is 1.24 bits per heavy atom. The maximum atomic E-state index is 5.97. The van der Waals surface area contributed by atoms with E-state index >= 15 is 0 Å². The molecule has 0 spiro atoms. The predicted octanol–water partition coefficient (Wildman–Crippen LogP) is 2.79. The largest absolute Gasteiger partial charge is 0.490 e. The first-order valence-electron chi connectivity index (χ1n) is 7.98. The third-order valence-electron chi connectivity index (χ3n) is 4.93. The topological polar surface area (TPSA) is 56.5 Å². The molecule has 1 aromatic carbocycles. The van der Waals surface area contributed by atoms with E-state index in [0.717, 1.165) is 5.75 Å². The normalized spacial score (nSPS) is 33.9. The minimum absolute atomic E-state index is 0.0858. The molecule has 1 aromatic rings. The second-order valence-electron chi connectivity index (χ2n) is 6.52. The fraction of sp³-hybridized carbons (Fsp3) is 0.647. The van der Waals surface area contributed by atoms with Gasteiger partial charge in [0, 0.05) is 5.92 Å². The maximum Gasteiger partial charge on any atom is 0.120 e. The zero-order valence-corrected chi connectivity index (χ0v) is 13.1. The van der Waals surface area contributed by atoms with E-state index in [0.29, 0.717) is 17.9 Å². The summed E-state index contributed by atoms with van der Waals surface area (Å²) in [6.07, 6.45) is 3.23. The number of nitrogens with two attached hydrogens (primary N) is 1. The molecule has 5 atom stereocenters. The third-order valence-corrected chi connectivity index (χ3v) is 4.93. The van der Waals surface area contributed by atoms with Gasteiger partial charge in [-0.15, -0.1) is 0 Å². The molecule has 0 aromatic heterocycles. The highest BCUT2D eigenvalue weighted by Crippen LogP contribution is 2.41. The lowest BCUT2D eigenvalue weighted by Gasteiger charge is -2.29. The quantitative estimate of drug-likeness (QED) is 0.647. The summed E-state index contributed by atoms with van der Waals surface area (Å²) >= 11 is 0. The molecule has 1 aliphatic heterocycles. The van der Waals surface area contributed by atoms with Gasteiger partial charge >= 0.3 is 0 Å². The zero-order chi connectivity index (χ0) is 15.0. The molecule has 21 heavy (non-hydrogen) atoms. The van der Waals surface area contributed by atoms with Crippen LogP contribution in [0.4, 0.5) is 0 Å². The van der Waals surface area contributed by atoms with E-state index in [1.165, 1.54) is 18.4 Å². The van der Waals surface area contributed by atoms with Crippen molar-refractivity contribution in [1.29, 1.82) is 0 Å². The van der Waals surface area contributed by atoms with Crippen LogP contribution in [0.15, 0.2) is 24.3 Å². The number of hydrogen-bond donors (Lipinski definition) is 2. The first kappa shape index (κ1) is 14.8. The van der Waals surface area contributed by atoms with Crippen LogP contribution >= 0.6 is 0 Å². The number of rotatable bonds is 5. The van der Waals surface area contributed by atoms with E-state index < -0.39 is 0 Å². The molecule has 0 bridgehead atoms. The van der Waals surface area contributed by atoms with Crippen molar-refractivity contribution in [3.63, 3.8) is 0 Å². The lowest BCUT2D eigenvalue weighted by Crippen LogP contribution is -2.38. The first-order valence-corrected chi connectivity index (χ1v) is 7.98. The van der Waals surface area contributed by atoms with Gasteiger partial charge in [-0.1, -0.05) is 19.1 Å². The molecule has 3 rings (SSSR count). The SMILES string of the molecule is CC1OC(C)C(C(NN)c2cccc(OC3CC3)c2)C1C. The van der Waals surface area contributed by atoms with E-state index in [-0.39, 0.29) is 18.2 Å². The van der Waals surface area contributed by atoms with Crippen molar-refractivity contribution in [3.8, 4) is 5.75 Å². The molecule has 1 aliphatic carbocycles. The van der Waals surface area contributed by atoms with Gasteiger partial charge in [0.05, 0.1) is 24.4 Å². The van der Waals surface area contributed by atoms with Crippen molar-refractivity contribution in [1.82, 2.24) is 5.43 Å². The van der Waals surface area contributed by atoms with Crippen LogP contribution in [0.25, 0.3) is 0 Å². The Balaban J connectivity index is 1.81. The van der Waals surface area contributed by atoms with Crippen molar-refractivity contribution < 1.29 is 9.47 Å². The van der Waals surface area contributed by atoms with Crippen LogP contribution in [-0.2, 0) is 4.74 Å². The number of benzene rings is 1. The van der Waals surface area contributed by atoms with Gasteiger partial charge in [0.1, 0.15) is 5.75 Å². The van der Waals surface area contributed by atoms with Gasteiger partial charge in [0.25, 0.3) is 0 Å². The van der Waals surface area contributed by atoms with Crippen LogP contribution in [0, 0.1) is 11.8 Å². The van der Waals surface area contributed by atoms with E-state index in [1.54, 1.807) is 0 Å². The summed E-state index contributed by atoms with van der Waals surface area (Å²) < 4.78 is 11.9. The molecule has 116 valence electrons. The van der Waals surface area contributed by atoms with Crippen molar-refractivity contribution in [3.05, 3.63) is 29.8 Å². The van der Waals surface area contributed by atoms with Crippen molar-refractivity contribution >= 4 is 0 Å². The smallest absolute Gasteiger partial charge is 0.120 e. The molecular weight excluding hydrogens is 264 g/mol. The van der Waals surface area contributed by atoms with Crippen LogP contribution in [0.2, 0.25) is 0 Å². The second-order valence-corrected chi connectivity index (χ2v) is 6.52. The molecule has 0 radical (unpaired) electrons. The highest BCUT2D eigenvalue weighted by molar-refractivity contribution is 5.32. The van der Waals surface area contributed by atoms with Crippen molar-refractivity contribution in [2.75, 3.05) is 0 Å². The van der Waals surface area contributed by atoms with E-state index in [1.807, 2.05) is 12.1 Å². The fourth-order valence-corrected chi connectivity index (χ4v) is 3.46. The van der Waals surface area contributed by atoms with Crippen molar-refractivity contribution in [2.24, 2.45) is 17.7 Å². The standard InChI is InChI=1S/C17H26N2O2/c1-10-11(2)20-12(3)16(10)17(19-18)13-5-4-6-15(9-13)21-14-7-8-14/h4-6,9-12,14,16-17,19H,7-8,18H2,1-3H3. The van der Waals surface area contributed by atoms with Gasteiger partial charge in [-0.25, -0.2) is 0 Å². The van der Waals surface area contributed by atoms with Gasteiger partial charge in [-0.2, -0.15) is 0 Å². The van der Waals surface area contributed by atoms with Crippen LogP contribution in [-0.4, -0.2) is 18.3 Å². The Labute approximate surface area is 127 Å². The van der Waals surface area contributed by atoms with Crippen LogP contribution in [0.5, 0.6) is 5.75 Å². The molecule has 1 saturated carbocycles. The third kappa shape index (κ3) is 3.07. The number of ether oxygens (including phenoxy) is 2. The Morgan fingerprint density at radius 3 is 2.57 bits per heavy atom. The van der Waals surface area contributed by atoms with E-state index in [9.17, 15) is 0 Å². The Hall–Kier alpha value is -1.10. The molecule has 5 unspecified atom stereocenters. The van der Waals surface area contributed by atoms with Gasteiger partial charge in [0.15, 0.2) is 0 Å². The number of hydrogen-bond acceptors (Lipinski definition) is 4. The van der Waals surface area contributed by atoms with Crippen LogP contribution in [0.3, 0.4) is 0 Å². The van der Waals surface area contributed by atoms with Crippen molar-refractivity contribution in [2.45, 2.75) is 58.0 Å².